The van der Waals surface area contributed by atoms with Crippen LogP contribution in [-0.2, 0) is 0 Å². The minimum Gasteiger partial charge on any atom is -0.507 e. The molecule has 2 amide bonds. The molecule has 0 fully saturated rings. The summed E-state index contributed by atoms with van der Waals surface area (Å²) in [5.74, 6) is -0.596. The molecule has 0 saturated heterocycles. The molecular formula is C20H15NO3. The predicted molar refractivity (Wildman–Crippen MR) is 91.0 cm³/mol. The van der Waals surface area contributed by atoms with Crippen molar-refractivity contribution in [1.29, 1.82) is 0 Å². The number of carbonyl (C=O) groups excluding carboxylic acids is 2. The zero-order chi connectivity index (χ0) is 16.8. The van der Waals surface area contributed by atoms with Crippen LogP contribution in [0.4, 0.5) is 0 Å². The maximum Gasteiger partial charge on any atom is 0.261 e. The van der Waals surface area contributed by atoms with Crippen molar-refractivity contribution < 1.29 is 14.7 Å². The van der Waals surface area contributed by atoms with E-state index in [1.165, 1.54) is 11.0 Å². The molecule has 3 aromatic rings. The number of phenols is 1. The van der Waals surface area contributed by atoms with E-state index in [4.69, 9.17) is 0 Å². The summed E-state index contributed by atoms with van der Waals surface area (Å²) in [5.41, 5.74) is 1.79. The van der Waals surface area contributed by atoms with Crippen LogP contribution in [0.15, 0.2) is 60.7 Å². The third kappa shape index (κ3) is 1.93. The third-order valence-electron chi connectivity index (χ3n) is 4.59. The van der Waals surface area contributed by atoms with Gasteiger partial charge in [-0.25, -0.2) is 0 Å². The van der Waals surface area contributed by atoms with Crippen LogP contribution in [-0.4, -0.2) is 21.8 Å². The first-order chi connectivity index (χ1) is 11.6. The smallest absolute Gasteiger partial charge is 0.261 e. The molecule has 4 nitrogen and oxygen atoms in total. The molecule has 0 saturated carbocycles. The van der Waals surface area contributed by atoms with Gasteiger partial charge < -0.3 is 5.11 Å². The Kier molecular flexibility index (Phi) is 3.13. The Morgan fingerprint density at radius 1 is 0.833 bits per heavy atom. The van der Waals surface area contributed by atoms with Crippen molar-refractivity contribution in [1.82, 2.24) is 4.90 Å². The maximum atomic E-state index is 13.0. The Labute approximate surface area is 139 Å². The number of hydrogen-bond donors (Lipinski definition) is 1. The number of hydrogen-bond acceptors (Lipinski definition) is 3. The summed E-state index contributed by atoms with van der Waals surface area (Å²) in [5, 5.41) is 11.1. The maximum absolute atomic E-state index is 13.0. The van der Waals surface area contributed by atoms with Crippen molar-refractivity contribution >= 4 is 22.6 Å². The molecule has 1 atom stereocenters. The van der Waals surface area contributed by atoms with Crippen molar-refractivity contribution in [2.45, 2.75) is 13.0 Å². The highest BCUT2D eigenvalue weighted by Gasteiger charge is 2.36. The number of rotatable bonds is 2. The number of carbonyl (C=O) groups is 2. The minimum absolute atomic E-state index is 0.0701. The zero-order valence-electron chi connectivity index (χ0n) is 13.1. The van der Waals surface area contributed by atoms with Crippen molar-refractivity contribution in [2.24, 2.45) is 0 Å². The molecule has 0 aliphatic carbocycles. The van der Waals surface area contributed by atoms with Crippen LogP contribution in [0, 0.1) is 0 Å². The molecule has 4 heteroatoms. The van der Waals surface area contributed by atoms with Crippen LogP contribution in [0.2, 0.25) is 0 Å². The summed E-state index contributed by atoms with van der Waals surface area (Å²) in [6.45, 7) is 1.84. The van der Waals surface area contributed by atoms with E-state index in [1.807, 2.05) is 37.3 Å². The number of phenolic OH excluding ortho intramolecular Hbond substituents is 1. The van der Waals surface area contributed by atoms with Gasteiger partial charge in [0.05, 0.1) is 6.04 Å². The van der Waals surface area contributed by atoms with Gasteiger partial charge in [0.1, 0.15) is 5.75 Å². The first-order valence-corrected chi connectivity index (χ1v) is 7.77. The summed E-state index contributed by atoms with van der Waals surface area (Å²) >= 11 is 0. The Bertz CT molecular complexity index is 957. The van der Waals surface area contributed by atoms with Crippen molar-refractivity contribution in [3.05, 3.63) is 77.4 Å². The Morgan fingerprint density at radius 2 is 1.50 bits per heavy atom. The molecule has 1 aliphatic heterocycles. The zero-order valence-corrected chi connectivity index (χ0v) is 13.1. The Morgan fingerprint density at radius 3 is 2.21 bits per heavy atom. The molecular weight excluding hydrogens is 302 g/mol. The van der Waals surface area contributed by atoms with E-state index in [9.17, 15) is 14.7 Å². The van der Waals surface area contributed by atoms with Gasteiger partial charge in [0, 0.05) is 21.9 Å². The van der Waals surface area contributed by atoms with Crippen LogP contribution in [0.25, 0.3) is 10.8 Å². The van der Waals surface area contributed by atoms with Crippen LogP contribution in [0.1, 0.15) is 39.2 Å². The molecule has 1 unspecified atom stereocenters. The monoisotopic (exact) mass is 317 g/mol. The fraction of sp³-hybridized carbons (Fsp3) is 0.100. The van der Waals surface area contributed by atoms with E-state index in [0.717, 1.165) is 5.56 Å². The average Bonchev–Trinajstić information content (AvgIpc) is 2.61. The van der Waals surface area contributed by atoms with Gasteiger partial charge in [0.15, 0.2) is 0 Å². The summed E-state index contributed by atoms with van der Waals surface area (Å²) in [4.78, 5) is 27.2. The molecule has 4 rings (SSSR count). The number of imide groups is 1. The molecule has 24 heavy (non-hydrogen) atoms. The molecule has 0 radical (unpaired) electrons. The first-order valence-electron chi connectivity index (χ1n) is 7.77. The van der Waals surface area contributed by atoms with Gasteiger partial charge in [-0.2, -0.15) is 0 Å². The predicted octanol–water partition coefficient (Wildman–Crippen LogP) is 3.90. The lowest BCUT2D eigenvalue weighted by atomic mass is 9.92. The van der Waals surface area contributed by atoms with E-state index in [0.29, 0.717) is 21.9 Å². The number of amides is 2. The standard InChI is InChI=1S/C20H15NO3/c1-12(13-6-3-2-4-7-13)21-19(23)15-9-5-8-14-17(22)11-10-16(18(14)15)20(21)24/h2-12,22H,1H3. The van der Waals surface area contributed by atoms with Crippen LogP contribution in [0.5, 0.6) is 5.75 Å². The highest BCUT2D eigenvalue weighted by Crippen LogP contribution is 2.37. The Balaban J connectivity index is 1.91. The van der Waals surface area contributed by atoms with Gasteiger partial charge in [-0.1, -0.05) is 42.5 Å². The normalized spacial score (nSPS) is 15.0. The second-order valence-electron chi connectivity index (χ2n) is 5.93. The van der Waals surface area contributed by atoms with Crippen LogP contribution < -0.4 is 0 Å². The van der Waals surface area contributed by atoms with Crippen molar-refractivity contribution in [3.63, 3.8) is 0 Å². The van der Waals surface area contributed by atoms with Crippen molar-refractivity contribution in [2.75, 3.05) is 0 Å². The highest BCUT2D eigenvalue weighted by atomic mass is 16.3. The van der Waals surface area contributed by atoms with Crippen LogP contribution in [0.3, 0.4) is 0 Å². The van der Waals surface area contributed by atoms with Gasteiger partial charge in [0.25, 0.3) is 11.8 Å². The lowest BCUT2D eigenvalue weighted by Crippen LogP contribution is -2.41. The number of aromatic hydroxyl groups is 1. The number of nitrogens with zero attached hydrogens (tertiary/aromatic N) is 1. The fourth-order valence-corrected chi connectivity index (χ4v) is 3.33. The quantitative estimate of drug-likeness (QED) is 0.729. The van der Waals surface area contributed by atoms with Crippen molar-refractivity contribution in [3.8, 4) is 5.75 Å². The topological polar surface area (TPSA) is 57.6 Å². The molecule has 0 bridgehead atoms. The van der Waals surface area contributed by atoms with Crippen LogP contribution >= 0.6 is 0 Å². The van der Waals surface area contributed by atoms with Gasteiger partial charge >= 0.3 is 0 Å². The largest absolute Gasteiger partial charge is 0.507 e. The van der Waals surface area contributed by atoms with Gasteiger partial charge in [-0.3, -0.25) is 14.5 Å². The summed E-state index contributed by atoms with van der Waals surface area (Å²) in [7, 11) is 0. The lowest BCUT2D eigenvalue weighted by molar-refractivity contribution is 0.0550. The molecule has 3 aromatic carbocycles. The third-order valence-corrected chi connectivity index (χ3v) is 4.59. The lowest BCUT2D eigenvalue weighted by Gasteiger charge is -2.32. The molecule has 0 aromatic heterocycles. The van der Waals surface area contributed by atoms with Gasteiger partial charge in [-0.15, -0.1) is 0 Å². The molecule has 1 aliphatic rings. The molecule has 0 spiro atoms. The summed E-state index contributed by atoms with van der Waals surface area (Å²) in [6, 6.07) is 17.3. The first kappa shape index (κ1) is 14.5. The molecule has 118 valence electrons. The van der Waals surface area contributed by atoms with E-state index in [-0.39, 0.29) is 23.6 Å². The van der Waals surface area contributed by atoms with E-state index in [2.05, 4.69) is 0 Å². The fourth-order valence-electron chi connectivity index (χ4n) is 3.33. The Hall–Kier alpha value is -3.14. The average molecular weight is 317 g/mol. The molecule has 1 heterocycles. The van der Waals surface area contributed by atoms with E-state index in [1.54, 1.807) is 24.3 Å². The minimum atomic E-state index is -0.372. The number of benzene rings is 3. The summed E-state index contributed by atoms with van der Waals surface area (Å²) < 4.78 is 0. The molecule has 1 N–H and O–H groups in total. The summed E-state index contributed by atoms with van der Waals surface area (Å²) in [6.07, 6.45) is 0. The second-order valence-corrected chi connectivity index (χ2v) is 5.93. The van der Waals surface area contributed by atoms with Gasteiger partial charge in [-0.05, 0) is 30.7 Å². The van der Waals surface area contributed by atoms with E-state index < -0.39 is 0 Å². The van der Waals surface area contributed by atoms with Gasteiger partial charge in [0.2, 0.25) is 0 Å². The second kappa shape index (κ2) is 5.20. The van der Waals surface area contributed by atoms with E-state index >= 15 is 0 Å². The highest BCUT2D eigenvalue weighted by molar-refractivity contribution is 6.26. The SMILES string of the molecule is CC(c1ccccc1)N1C(=O)c2cccc3c(O)ccc(c23)C1=O.